The molecule has 2 rings (SSSR count). The third-order valence-corrected chi connectivity index (χ3v) is 3.96. The zero-order valence-corrected chi connectivity index (χ0v) is 11.1. The molecular formula is C10H17N3O5S. The number of aliphatic hydroxyl groups is 4. The molecule has 2 heterocycles. The summed E-state index contributed by atoms with van der Waals surface area (Å²) in [6.45, 7) is -0.631. The molecule has 9 heteroatoms. The van der Waals surface area contributed by atoms with Gasteiger partial charge in [0.25, 0.3) is 0 Å². The molecule has 0 bridgehead atoms. The third kappa shape index (κ3) is 2.76. The minimum atomic E-state index is -1.11. The Morgan fingerprint density at radius 3 is 2.63 bits per heavy atom. The molecule has 1 aliphatic heterocycles. The second-order valence-corrected chi connectivity index (χ2v) is 5.22. The first-order valence-corrected chi connectivity index (χ1v) is 7.08. The highest BCUT2D eigenvalue weighted by Crippen LogP contribution is 2.33. The maximum atomic E-state index is 10.2. The van der Waals surface area contributed by atoms with E-state index >= 15 is 0 Å². The first-order valence-electron chi connectivity index (χ1n) is 5.79. The summed E-state index contributed by atoms with van der Waals surface area (Å²) in [6.07, 6.45) is 0.302. The van der Waals surface area contributed by atoms with Gasteiger partial charge in [-0.3, -0.25) is 0 Å². The maximum Gasteiger partial charge on any atom is 0.131 e. The van der Waals surface area contributed by atoms with Crippen molar-refractivity contribution >= 4 is 11.8 Å². The van der Waals surface area contributed by atoms with E-state index in [1.807, 2.05) is 0 Å². The lowest BCUT2D eigenvalue weighted by Gasteiger charge is -2.41. The molecule has 1 fully saturated rings. The van der Waals surface area contributed by atoms with Crippen molar-refractivity contribution in [3.8, 4) is 0 Å². The van der Waals surface area contributed by atoms with E-state index < -0.39 is 29.8 Å². The first-order chi connectivity index (χ1) is 9.12. The Bertz CT molecular complexity index is 402. The predicted octanol–water partition coefficient (Wildman–Crippen LogP) is -1.89. The SMILES string of the molecule is CS[C@@H]1O[C@H](CO)[C@H](O)[C@H](n2cc(CO)nn2)[C@H]1O. The Labute approximate surface area is 114 Å². The van der Waals surface area contributed by atoms with Crippen molar-refractivity contribution in [1.82, 2.24) is 15.0 Å². The van der Waals surface area contributed by atoms with Gasteiger partial charge in [-0.2, -0.15) is 0 Å². The molecule has 1 aromatic heterocycles. The molecule has 0 spiro atoms. The molecule has 0 aromatic carbocycles. The van der Waals surface area contributed by atoms with Crippen LogP contribution in [-0.4, -0.2) is 72.0 Å². The smallest absolute Gasteiger partial charge is 0.131 e. The van der Waals surface area contributed by atoms with Crippen molar-refractivity contribution in [1.29, 1.82) is 0 Å². The van der Waals surface area contributed by atoms with Crippen LogP contribution < -0.4 is 0 Å². The fourth-order valence-electron chi connectivity index (χ4n) is 2.11. The maximum absolute atomic E-state index is 10.2. The zero-order chi connectivity index (χ0) is 14.0. The largest absolute Gasteiger partial charge is 0.394 e. The average Bonchev–Trinajstić information content (AvgIpc) is 2.88. The van der Waals surface area contributed by atoms with Gasteiger partial charge in [0.15, 0.2) is 0 Å². The summed E-state index contributed by atoms with van der Waals surface area (Å²) in [5.41, 5.74) is -0.237. The van der Waals surface area contributed by atoms with Gasteiger partial charge in [-0.1, -0.05) is 5.21 Å². The summed E-state index contributed by atoms with van der Waals surface area (Å²) in [6, 6.07) is -0.781. The fraction of sp³-hybridized carbons (Fsp3) is 0.800. The van der Waals surface area contributed by atoms with Crippen LogP contribution in [0.4, 0.5) is 0 Å². The van der Waals surface area contributed by atoms with Crippen LogP contribution in [-0.2, 0) is 11.3 Å². The van der Waals surface area contributed by atoms with Crippen LogP contribution >= 0.6 is 11.8 Å². The normalized spacial score (nSPS) is 35.5. The first kappa shape index (κ1) is 14.7. The van der Waals surface area contributed by atoms with Gasteiger partial charge in [-0.25, -0.2) is 4.68 Å². The van der Waals surface area contributed by atoms with Crippen molar-refractivity contribution < 1.29 is 25.2 Å². The number of ether oxygens (including phenoxy) is 1. The van der Waals surface area contributed by atoms with E-state index in [0.29, 0.717) is 5.69 Å². The Morgan fingerprint density at radius 2 is 2.11 bits per heavy atom. The monoisotopic (exact) mass is 291 g/mol. The second-order valence-electron chi connectivity index (χ2n) is 4.28. The summed E-state index contributed by atoms with van der Waals surface area (Å²) >= 11 is 1.28. The molecular weight excluding hydrogens is 274 g/mol. The minimum Gasteiger partial charge on any atom is -0.394 e. The summed E-state index contributed by atoms with van der Waals surface area (Å²) in [7, 11) is 0. The molecule has 4 N–H and O–H groups in total. The van der Waals surface area contributed by atoms with Gasteiger partial charge in [-0.05, 0) is 6.26 Å². The van der Waals surface area contributed by atoms with E-state index in [2.05, 4.69) is 10.3 Å². The number of hydrogen-bond acceptors (Lipinski definition) is 8. The molecule has 1 aromatic rings. The highest BCUT2D eigenvalue weighted by atomic mass is 32.2. The predicted molar refractivity (Wildman–Crippen MR) is 66.3 cm³/mol. The fourth-order valence-corrected chi connectivity index (χ4v) is 2.80. The van der Waals surface area contributed by atoms with Gasteiger partial charge >= 0.3 is 0 Å². The molecule has 0 radical (unpaired) electrons. The van der Waals surface area contributed by atoms with E-state index in [0.717, 1.165) is 0 Å². The van der Waals surface area contributed by atoms with Crippen molar-refractivity contribution in [2.24, 2.45) is 0 Å². The second kappa shape index (κ2) is 6.16. The Kier molecular flexibility index (Phi) is 4.76. The van der Waals surface area contributed by atoms with Gasteiger partial charge in [0, 0.05) is 0 Å². The van der Waals surface area contributed by atoms with Crippen LogP contribution in [0.2, 0.25) is 0 Å². The van der Waals surface area contributed by atoms with E-state index in [9.17, 15) is 15.3 Å². The van der Waals surface area contributed by atoms with E-state index in [4.69, 9.17) is 9.84 Å². The zero-order valence-electron chi connectivity index (χ0n) is 10.3. The number of nitrogens with zero attached hydrogens (tertiary/aromatic N) is 3. The molecule has 19 heavy (non-hydrogen) atoms. The molecule has 0 unspecified atom stereocenters. The molecule has 0 amide bonds. The molecule has 0 saturated carbocycles. The quantitative estimate of drug-likeness (QED) is 0.508. The van der Waals surface area contributed by atoms with Crippen molar-refractivity contribution in [3.05, 3.63) is 11.9 Å². The highest BCUT2D eigenvalue weighted by Gasteiger charge is 2.45. The van der Waals surface area contributed by atoms with Gasteiger partial charge in [0.2, 0.25) is 0 Å². The van der Waals surface area contributed by atoms with Crippen molar-refractivity contribution in [2.45, 2.75) is 36.4 Å². The summed E-state index contributed by atoms with van der Waals surface area (Å²) in [4.78, 5) is 0. The third-order valence-electron chi connectivity index (χ3n) is 3.11. The Morgan fingerprint density at radius 1 is 1.37 bits per heavy atom. The summed E-state index contributed by atoms with van der Waals surface area (Å²) < 4.78 is 6.70. The molecule has 8 nitrogen and oxygen atoms in total. The molecule has 1 saturated heterocycles. The molecule has 5 atom stereocenters. The topological polar surface area (TPSA) is 121 Å². The van der Waals surface area contributed by atoms with E-state index in [1.54, 1.807) is 6.26 Å². The van der Waals surface area contributed by atoms with Gasteiger partial charge < -0.3 is 25.2 Å². The van der Waals surface area contributed by atoms with Crippen LogP contribution in [0, 0.1) is 0 Å². The van der Waals surface area contributed by atoms with E-state index in [-0.39, 0.29) is 13.2 Å². The lowest BCUT2D eigenvalue weighted by atomic mass is 9.97. The van der Waals surface area contributed by atoms with Crippen molar-refractivity contribution in [3.63, 3.8) is 0 Å². The van der Waals surface area contributed by atoms with Gasteiger partial charge in [-0.15, -0.1) is 16.9 Å². The minimum absolute atomic E-state index is 0.273. The lowest BCUT2D eigenvalue weighted by molar-refractivity contribution is -0.178. The number of thioether (sulfide) groups is 1. The standard InChI is InChI=1S/C10H17N3O5S/c1-19-10-9(17)7(8(16)6(4-15)18-10)13-2-5(3-14)11-12-13/h2,6-10,14-17H,3-4H2,1H3/t6-,7+,8+,9-,10+/m1/s1. The van der Waals surface area contributed by atoms with Crippen LogP contribution in [0.15, 0.2) is 6.20 Å². The number of hydrogen-bond donors (Lipinski definition) is 4. The van der Waals surface area contributed by atoms with Crippen LogP contribution in [0.25, 0.3) is 0 Å². The van der Waals surface area contributed by atoms with Gasteiger partial charge in [0.05, 0.1) is 19.4 Å². The summed E-state index contributed by atoms with van der Waals surface area (Å²) in [5.74, 6) is 0. The number of aliphatic hydroxyl groups excluding tert-OH is 4. The van der Waals surface area contributed by atoms with Gasteiger partial charge in [0.1, 0.15) is 35.5 Å². The average molecular weight is 291 g/mol. The highest BCUT2D eigenvalue weighted by molar-refractivity contribution is 7.99. The van der Waals surface area contributed by atoms with Crippen LogP contribution in [0.5, 0.6) is 0 Å². The van der Waals surface area contributed by atoms with E-state index in [1.165, 1.54) is 22.6 Å². The van der Waals surface area contributed by atoms with Crippen LogP contribution in [0.1, 0.15) is 11.7 Å². The number of aromatic nitrogens is 3. The molecule has 1 aliphatic rings. The Balaban J connectivity index is 2.28. The van der Waals surface area contributed by atoms with Crippen LogP contribution in [0.3, 0.4) is 0 Å². The summed E-state index contributed by atoms with van der Waals surface area (Å²) in [5, 5.41) is 46.0. The Hall–Kier alpha value is -0.710. The van der Waals surface area contributed by atoms with Crippen molar-refractivity contribution in [2.75, 3.05) is 12.9 Å². The lowest BCUT2D eigenvalue weighted by Crippen LogP contribution is -2.54. The molecule has 0 aliphatic carbocycles. The molecule has 108 valence electrons. The number of rotatable bonds is 4.